The number of hydrogen-bond donors (Lipinski definition) is 0. The van der Waals surface area contributed by atoms with Crippen LogP contribution >= 0.6 is 0 Å². The highest BCUT2D eigenvalue weighted by Crippen LogP contribution is 2.36. The molecule has 7 aromatic carbocycles. The molecule has 266 valence electrons. The van der Waals surface area contributed by atoms with Crippen molar-refractivity contribution >= 4 is 43.6 Å². The maximum absolute atomic E-state index is 5.10. The van der Waals surface area contributed by atoms with Gasteiger partial charge in [0.1, 0.15) is 0 Å². The van der Waals surface area contributed by atoms with E-state index in [1.54, 1.807) is 0 Å². The molecule has 0 atom stereocenters. The van der Waals surface area contributed by atoms with E-state index >= 15 is 0 Å². The SMILES string of the molecule is c1ccc(-c2nc(-c3ccc(-c4ccc5c6ccccc6n(-c6ccccc6)c5c4)cc3)nc(-c3cccc(-c4ccc5ccc6cccnc6c5n4)c3)n2)cc1. The van der Waals surface area contributed by atoms with Crippen molar-refractivity contribution in [1.29, 1.82) is 0 Å². The van der Waals surface area contributed by atoms with Gasteiger partial charge in [0.05, 0.1) is 27.8 Å². The van der Waals surface area contributed by atoms with Crippen molar-refractivity contribution in [3.8, 4) is 62.2 Å². The summed E-state index contributed by atoms with van der Waals surface area (Å²) < 4.78 is 2.35. The quantitative estimate of drug-likeness (QED) is 0.159. The van der Waals surface area contributed by atoms with Gasteiger partial charge in [0.15, 0.2) is 17.5 Å². The highest BCUT2D eigenvalue weighted by atomic mass is 15.0. The Morgan fingerprint density at radius 3 is 1.74 bits per heavy atom. The lowest BCUT2D eigenvalue weighted by molar-refractivity contribution is 1.07. The van der Waals surface area contributed by atoms with Gasteiger partial charge in [-0.05, 0) is 53.6 Å². The topological polar surface area (TPSA) is 69.4 Å². The first-order valence-electron chi connectivity index (χ1n) is 19.0. The lowest BCUT2D eigenvalue weighted by atomic mass is 10.0. The molecule has 0 fully saturated rings. The van der Waals surface area contributed by atoms with Crippen LogP contribution in [0, 0.1) is 0 Å². The number of pyridine rings is 2. The highest BCUT2D eigenvalue weighted by molar-refractivity contribution is 6.10. The summed E-state index contributed by atoms with van der Waals surface area (Å²) in [5.41, 5.74) is 12.1. The van der Waals surface area contributed by atoms with Crippen molar-refractivity contribution in [1.82, 2.24) is 29.5 Å². The molecule has 6 nitrogen and oxygen atoms in total. The van der Waals surface area contributed by atoms with E-state index in [1.165, 1.54) is 21.8 Å². The van der Waals surface area contributed by atoms with Crippen LogP contribution in [0.2, 0.25) is 0 Å². The standard InChI is InChI=1S/C51H32N6/c1-3-11-36(12-4-1)49-54-50(56-51(55-49)40-14-9-13-39(31-40)44-29-27-35-23-22-34-15-10-30-52-47(34)48(35)53-44)37-24-20-33(21-25-37)38-26-28-43-42-18-7-8-19-45(42)57(46(43)32-38)41-16-5-2-6-17-41/h1-32H. The van der Waals surface area contributed by atoms with Crippen molar-refractivity contribution < 1.29 is 0 Å². The summed E-state index contributed by atoms with van der Waals surface area (Å²) in [6.07, 6.45) is 1.82. The lowest BCUT2D eigenvalue weighted by Gasteiger charge is -2.11. The summed E-state index contributed by atoms with van der Waals surface area (Å²) in [6.45, 7) is 0. The van der Waals surface area contributed by atoms with Crippen molar-refractivity contribution in [3.05, 3.63) is 194 Å². The molecule has 0 aliphatic rings. The average Bonchev–Trinajstić information content (AvgIpc) is 3.63. The summed E-state index contributed by atoms with van der Waals surface area (Å²) in [4.78, 5) is 24.9. The number of nitrogens with zero attached hydrogens (tertiary/aromatic N) is 6. The number of benzene rings is 7. The zero-order valence-electron chi connectivity index (χ0n) is 30.7. The second kappa shape index (κ2) is 13.5. The molecule has 57 heavy (non-hydrogen) atoms. The van der Waals surface area contributed by atoms with Crippen molar-refractivity contribution in [2.75, 3.05) is 0 Å². The predicted octanol–water partition coefficient (Wildman–Crippen LogP) is 12.4. The van der Waals surface area contributed by atoms with Gasteiger partial charge in [0.2, 0.25) is 0 Å². The van der Waals surface area contributed by atoms with E-state index in [-0.39, 0.29) is 0 Å². The van der Waals surface area contributed by atoms with Crippen LogP contribution in [-0.4, -0.2) is 29.5 Å². The molecule has 0 N–H and O–H groups in total. The minimum absolute atomic E-state index is 0.594. The summed E-state index contributed by atoms with van der Waals surface area (Å²) in [5.74, 6) is 1.82. The van der Waals surface area contributed by atoms with Crippen LogP contribution in [0.3, 0.4) is 0 Å². The van der Waals surface area contributed by atoms with Gasteiger partial charge in [0, 0.05) is 55.7 Å². The van der Waals surface area contributed by atoms with Crippen LogP contribution in [-0.2, 0) is 0 Å². The van der Waals surface area contributed by atoms with Crippen molar-refractivity contribution in [3.63, 3.8) is 0 Å². The summed E-state index contributed by atoms with van der Waals surface area (Å²) >= 11 is 0. The Morgan fingerprint density at radius 1 is 0.333 bits per heavy atom. The van der Waals surface area contributed by atoms with Gasteiger partial charge < -0.3 is 4.57 Å². The molecule has 0 amide bonds. The molecule has 0 aliphatic heterocycles. The molecule has 0 bridgehead atoms. The van der Waals surface area contributed by atoms with E-state index in [0.717, 1.165) is 66.6 Å². The van der Waals surface area contributed by atoms with Crippen LogP contribution in [0.25, 0.3) is 106 Å². The average molecular weight is 729 g/mol. The van der Waals surface area contributed by atoms with Crippen LogP contribution in [0.15, 0.2) is 194 Å². The van der Waals surface area contributed by atoms with Crippen LogP contribution in [0.4, 0.5) is 0 Å². The third-order valence-corrected chi connectivity index (χ3v) is 10.7. The smallest absolute Gasteiger partial charge is 0.164 e. The Labute approximate surface area is 328 Å². The van der Waals surface area contributed by atoms with Crippen LogP contribution < -0.4 is 0 Å². The van der Waals surface area contributed by atoms with Gasteiger partial charge in [-0.1, -0.05) is 146 Å². The van der Waals surface area contributed by atoms with Gasteiger partial charge in [-0.25, -0.2) is 19.9 Å². The molecule has 6 heteroatoms. The van der Waals surface area contributed by atoms with Gasteiger partial charge in [0.25, 0.3) is 0 Å². The molecule has 0 saturated carbocycles. The molecule has 11 aromatic rings. The maximum Gasteiger partial charge on any atom is 0.164 e. The van der Waals surface area contributed by atoms with Crippen LogP contribution in [0.1, 0.15) is 0 Å². The second-order valence-corrected chi connectivity index (χ2v) is 14.2. The van der Waals surface area contributed by atoms with Gasteiger partial charge in [-0.2, -0.15) is 0 Å². The number of para-hydroxylation sites is 2. The number of rotatable bonds is 6. The van der Waals surface area contributed by atoms with E-state index in [1.807, 2.05) is 54.7 Å². The molecule has 11 rings (SSSR count). The normalized spacial score (nSPS) is 11.5. The fourth-order valence-corrected chi connectivity index (χ4v) is 7.87. The molecular weight excluding hydrogens is 697 g/mol. The Balaban J connectivity index is 0.988. The molecule has 4 aromatic heterocycles. The van der Waals surface area contributed by atoms with Crippen molar-refractivity contribution in [2.24, 2.45) is 0 Å². The minimum Gasteiger partial charge on any atom is -0.309 e. The minimum atomic E-state index is 0.594. The van der Waals surface area contributed by atoms with E-state index in [2.05, 4.69) is 149 Å². The third kappa shape index (κ3) is 5.79. The number of hydrogen-bond acceptors (Lipinski definition) is 5. The van der Waals surface area contributed by atoms with Gasteiger partial charge in [-0.3, -0.25) is 4.98 Å². The molecule has 0 aliphatic carbocycles. The summed E-state index contributed by atoms with van der Waals surface area (Å²) in [5, 5.41) is 4.59. The molecule has 0 saturated heterocycles. The first kappa shape index (κ1) is 32.6. The zero-order chi connectivity index (χ0) is 37.7. The van der Waals surface area contributed by atoms with Crippen molar-refractivity contribution in [2.45, 2.75) is 0 Å². The first-order valence-corrected chi connectivity index (χ1v) is 19.0. The fourth-order valence-electron chi connectivity index (χ4n) is 7.87. The van der Waals surface area contributed by atoms with Gasteiger partial charge in [-0.15, -0.1) is 0 Å². The lowest BCUT2D eigenvalue weighted by Crippen LogP contribution is -2.00. The highest BCUT2D eigenvalue weighted by Gasteiger charge is 2.16. The molecule has 4 heterocycles. The summed E-state index contributed by atoms with van der Waals surface area (Å²) in [7, 11) is 0. The predicted molar refractivity (Wildman–Crippen MR) is 232 cm³/mol. The maximum atomic E-state index is 5.10. The van der Waals surface area contributed by atoms with Crippen LogP contribution in [0.5, 0.6) is 0 Å². The Morgan fingerprint density at radius 2 is 0.930 bits per heavy atom. The molecule has 0 spiro atoms. The largest absolute Gasteiger partial charge is 0.309 e. The first-order chi connectivity index (χ1) is 28.2. The second-order valence-electron chi connectivity index (χ2n) is 14.2. The van der Waals surface area contributed by atoms with E-state index in [9.17, 15) is 0 Å². The number of fused-ring (bicyclic) bond motifs is 6. The van der Waals surface area contributed by atoms with Gasteiger partial charge >= 0.3 is 0 Å². The molecular formula is C51H32N6. The summed E-state index contributed by atoms with van der Waals surface area (Å²) in [6, 6.07) is 65.2. The van der Waals surface area contributed by atoms with E-state index in [0.29, 0.717) is 17.5 Å². The van der Waals surface area contributed by atoms with E-state index < -0.39 is 0 Å². The fraction of sp³-hybridized carbons (Fsp3) is 0. The Bertz CT molecular complexity index is 3280. The monoisotopic (exact) mass is 728 g/mol. The Hall–Kier alpha value is -7.83. The number of aromatic nitrogens is 6. The van der Waals surface area contributed by atoms with E-state index in [4.69, 9.17) is 19.9 Å². The zero-order valence-corrected chi connectivity index (χ0v) is 30.7. The Kier molecular flexibility index (Phi) is 7.71. The molecule has 0 unspecified atom stereocenters. The molecule has 0 radical (unpaired) electrons. The third-order valence-electron chi connectivity index (χ3n) is 10.7.